The van der Waals surface area contributed by atoms with E-state index in [-0.39, 0.29) is 25.2 Å². The van der Waals surface area contributed by atoms with Gasteiger partial charge < -0.3 is 5.32 Å². The first-order valence-electron chi connectivity index (χ1n) is 6.64. The molecule has 1 fully saturated rings. The van der Waals surface area contributed by atoms with E-state index in [4.69, 9.17) is 11.6 Å². The van der Waals surface area contributed by atoms with E-state index in [1.54, 1.807) is 0 Å². The van der Waals surface area contributed by atoms with Crippen molar-refractivity contribution in [2.75, 3.05) is 13.1 Å². The predicted octanol–water partition coefficient (Wildman–Crippen LogP) is 2.73. The molecule has 1 aliphatic heterocycles. The van der Waals surface area contributed by atoms with Gasteiger partial charge in [0.25, 0.3) is 0 Å². The molecular weight excluding hydrogens is 341 g/mol. The SMILES string of the molecule is CC1CN(S(=O)(=O)c2ccc(Cl)c(C(F)(F)F)c2)CC(C)N1. The van der Waals surface area contributed by atoms with Crippen molar-refractivity contribution in [2.45, 2.75) is 37.0 Å². The number of benzene rings is 1. The van der Waals surface area contributed by atoms with Crippen molar-refractivity contribution >= 4 is 21.6 Å². The Kier molecular flexibility index (Phi) is 4.77. The highest BCUT2D eigenvalue weighted by molar-refractivity contribution is 7.89. The molecule has 9 heteroatoms. The fourth-order valence-electron chi connectivity index (χ4n) is 2.50. The molecule has 2 atom stereocenters. The highest BCUT2D eigenvalue weighted by Gasteiger charge is 2.36. The van der Waals surface area contributed by atoms with Crippen molar-refractivity contribution in [1.29, 1.82) is 0 Å². The quantitative estimate of drug-likeness (QED) is 0.886. The van der Waals surface area contributed by atoms with Crippen molar-refractivity contribution in [2.24, 2.45) is 0 Å². The van der Waals surface area contributed by atoms with E-state index < -0.39 is 31.7 Å². The third kappa shape index (κ3) is 3.56. The molecule has 0 spiro atoms. The van der Waals surface area contributed by atoms with E-state index in [9.17, 15) is 21.6 Å². The molecule has 0 saturated carbocycles. The van der Waals surface area contributed by atoms with Crippen molar-refractivity contribution < 1.29 is 21.6 Å². The topological polar surface area (TPSA) is 49.4 Å². The predicted molar refractivity (Wildman–Crippen MR) is 77.3 cm³/mol. The van der Waals surface area contributed by atoms with Crippen LogP contribution in [0.15, 0.2) is 23.1 Å². The van der Waals surface area contributed by atoms with Crippen LogP contribution >= 0.6 is 11.6 Å². The lowest BCUT2D eigenvalue weighted by Crippen LogP contribution is -2.55. The van der Waals surface area contributed by atoms with Crippen LogP contribution < -0.4 is 5.32 Å². The second-order valence-corrected chi connectivity index (χ2v) is 7.78. The second-order valence-electron chi connectivity index (χ2n) is 5.43. The van der Waals surface area contributed by atoms with Gasteiger partial charge in [-0.2, -0.15) is 17.5 Å². The third-order valence-corrected chi connectivity index (χ3v) is 5.56. The van der Waals surface area contributed by atoms with Crippen LogP contribution in [0.1, 0.15) is 19.4 Å². The van der Waals surface area contributed by atoms with Gasteiger partial charge in [0.05, 0.1) is 15.5 Å². The molecule has 1 heterocycles. The summed E-state index contributed by atoms with van der Waals surface area (Å²) in [6, 6.07) is 2.51. The highest BCUT2D eigenvalue weighted by Crippen LogP contribution is 2.36. The lowest BCUT2D eigenvalue weighted by molar-refractivity contribution is -0.137. The van der Waals surface area contributed by atoms with E-state index in [0.29, 0.717) is 6.07 Å². The lowest BCUT2D eigenvalue weighted by Gasteiger charge is -2.35. The fraction of sp³-hybridized carbons (Fsp3) is 0.538. The van der Waals surface area contributed by atoms with Crippen LogP contribution in [0.5, 0.6) is 0 Å². The normalized spacial score (nSPS) is 24.5. The zero-order valence-corrected chi connectivity index (χ0v) is 13.6. The van der Waals surface area contributed by atoms with Crippen LogP contribution in [-0.4, -0.2) is 37.9 Å². The number of piperazine rings is 1. The Morgan fingerprint density at radius 2 is 1.77 bits per heavy atom. The molecule has 0 aliphatic carbocycles. The van der Waals surface area contributed by atoms with Crippen molar-refractivity contribution in [3.8, 4) is 0 Å². The molecule has 1 aromatic carbocycles. The third-order valence-electron chi connectivity index (χ3n) is 3.41. The Balaban J connectivity index is 2.42. The second kappa shape index (κ2) is 5.99. The minimum absolute atomic E-state index is 0.0760. The maximum Gasteiger partial charge on any atom is 0.417 e. The lowest BCUT2D eigenvalue weighted by atomic mass is 10.2. The fourth-order valence-corrected chi connectivity index (χ4v) is 4.37. The average Bonchev–Trinajstić information content (AvgIpc) is 2.36. The summed E-state index contributed by atoms with van der Waals surface area (Å²) < 4.78 is 65.0. The monoisotopic (exact) mass is 356 g/mol. The molecule has 1 saturated heterocycles. The summed E-state index contributed by atoms with van der Waals surface area (Å²) >= 11 is 5.52. The first-order valence-corrected chi connectivity index (χ1v) is 8.46. The van der Waals surface area contributed by atoms with E-state index in [0.717, 1.165) is 12.1 Å². The maximum absolute atomic E-state index is 12.9. The summed E-state index contributed by atoms with van der Waals surface area (Å²) in [4.78, 5) is -0.398. The number of rotatable bonds is 2. The van der Waals surface area contributed by atoms with E-state index in [1.807, 2.05) is 13.8 Å². The molecule has 2 unspecified atom stereocenters. The molecule has 2 rings (SSSR count). The number of hydrogen-bond donors (Lipinski definition) is 1. The number of hydrogen-bond acceptors (Lipinski definition) is 3. The van der Waals surface area contributed by atoms with Gasteiger partial charge in [-0.05, 0) is 32.0 Å². The van der Waals surface area contributed by atoms with Crippen LogP contribution in [0.2, 0.25) is 5.02 Å². The van der Waals surface area contributed by atoms with Gasteiger partial charge in [-0.25, -0.2) is 8.42 Å². The summed E-state index contributed by atoms with van der Waals surface area (Å²) in [6.07, 6.45) is -4.70. The molecule has 0 radical (unpaired) electrons. The zero-order chi connectivity index (χ0) is 16.7. The number of nitrogens with zero attached hydrogens (tertiary/aromatic N) is 1. The van der Waals surface area contributed by atoms with E-state index in [1.165, 1.54) is 4.31 Å². The number of alkyl halides is 3. The molecular formula is C13H16ClF3N2O2S. The van der Waals surface area contributed by atoms with E-state index in [2.05, 4.69) is 5.32 Å². The van der Waals surface area contributed by atoms with Crippen LogP contribution in [0.3, 0.4) is 0 Å². The van der Waals surface area contributed by atoms with Gasteiger partial charge in [-0.15, -0.1) is 0 Å². The van der Waals surface area contributed by atoms with Gasteiger partial charge in [-0.1, -0.05) is 11.6 Å². The summed E-state index contributed by atoms with van der Waals surface area (Å²) in [6.45, 7) is 4.05. The van der Waals surface area contributed by atoms with Gasteiger partial charge in [-0.3, -0.25) is 0 Å². The molecule has 1 N–H and O–H groups in total. The Bertz CT molecular complexity index is 654. The van der Waals surface area contributed by atoms with Gasteiger partial charge in [0.15, 0.2) is 0 Å². The highest BCUT2D eigenvalue weighted by atomic mass is 35.5. The molecule has 22 heavy (non-hydrogen) atoms. The van der Waals surface area contributed by atoms with Crippen molar-refractivity contribution in [3.05, 3.63) is 28.8 Å². The number of sulfonamides is 1. The standard InChI is InChI=1S/C13H16ClF3N2O2S/c1-8-6-19(7-9(2)18-8)22(20,21)10-3-4-12(14)11(5-10)13(15,16)17/h3-5,8-9,18H,6-7H2,1-2H3. The smallest absolute Gasteiger partial charge is 0.309 e. The first kappa shape index (κ1) is 17.5. The first-order chi connectivity index (χ1) is 10.0. The van der Waals surface area contributed by atoms with Crippen LogP contribution in [0.4, 0.5) is 13.2 Å². The van der Waals surface area contributed by atoms with Crippen LogP contribution in [-0.2, 0) is 16.2 Å². The molecule has 0 amide bonds. The Labute approximate surface area is 132 Å². The summed E-state index contributed by atoms with van der Waals surface area (Å²) in [5.74, 6) is 0. The van der Waals surface area contributed by atoms with Crippen LogP contribution in [0.25, 0.3) is 0 Å². The van der Waals surface area contributed by atoms with Gasteiger partial charge in [0.1, 0.15) is 0 Å². The summed E-state index contributed by atoms with van der Waals surface area (Å²) in [7, 11) is -3.99. The molecule has 0 aromatic heterocycles. The Hall–Kier alpha value is -0.830. The van der Waals surface area contributed by atoms with Crippen molar-refractivity contribution in [1.82, 2.24) is 9.62 Å². The van der Waals surface area contributed by atoms with Crippen LogP contribution in [0, 0.1) is 0 Å². The average molecular weight is 357 g/mol. The summed E-state index contributed by atoms with van der Waals surface area (Å²) in [5.41, 5.74) is -1.15. The number of halogens is 4. The van der Waals surface area contributed by atoms with E-state index >= 15 is 0 Å². The Morgan fingerprint density at radius 3 is 2.27 bits per heavy atom. The minimum atomic E-state index is -4.70. The molecule has 1 aliphatic rings. The largest absolute Gasteiger partial charge is 0.417 e. The maximum atomic E-state index is 12.9. The Morgan fingerprint density at radius 1 is 1.23 bits per heavy atom. The van der Waals surface area contributed by atoms with Crippen molar-refractivity contribution in [3.63, 3.8) is 0 Å². The molecule has 1 aromatic rings. The minimum Gasteiger partial charge on any atom is -0.309 e. The molecule has 0 bridgehead atoms. The number of nitrogens with one attached hydrogen (secondary N) is 1. The zero-order valence-electron chi connectivity index (χ0n) is 12.0. The van der Waals surface area contributed by atoms with Gasteiger partial charge in [0.2, 0.25) is 10.0 Å². The summed E-state index contributed by atoms with van der Waals surface area (Å²) in [5, 5.41) is 2.65. The molecule has 124 valence electrons. The van der Waals surface area contributed by atoms with Gasteiger partial charge in [0, 0.05) is 25.2 Å². The molecule has 4 nitrogen and oxygen atoms in total. The van der Waals surface area contributed by atoms with Gasteiger partial charge >= 0.3 is 6.18 Å².